The van der Waals surface area contributed by atoms with Crippen LogP contribution in [-0.2, 0) is 11.9 Å². The van der Waals surface area contributed by atoms with Crippen molar-refractivity contribution in [1.82, 2.24) is 24.6 Å². The molecule has 5 rings (SSSR count). The molecule has 0 amide bonds. The number of amidine groups is 1. The van der Waals surface area contributed by atoms with Gasteiger partial charge in [-0.2, -0.15) is 0 Å². The molecule has 0 spiro atoms. The Bertz CT molecular complexity index is 1310. The number of rotatable bonds is 4. The van der Waals surface area contributed by atoms with Crippen LogP contribution in [0.2, 0.25) is 0 Å². The van der Waals surface area contributed by atoms with Crippen LogP contribution >= 0.6 is 0 Å². The predicted molar refractivity (Wildman–Crippen MR) is 114 cm³/mol. The van der Waals surface area contributed by atoms with Gasteiger partial charge in [0.1, 0.15) is 29.8 Å². The molecule has 1 N–H and O–H groups in total. The molecular weight excluding hydrogens is 399 g/mol. The van der Waals surface area contributed by atoms with Crippen molar-refractivity contribution in [2.24, 2.45) is 12.0 Å². The smallest absolute Gasteiger partial charge is 0.238 e. The molecule has 1 aliphatic heterocycles. The van der Waals surface area contributed by atoms with Gasteiger partial charge in [0.2, 0.25) is 5.88 Å². The van der Waals surface area contributed by atoms with Gasteiger partial charge in [-0.05, 0) is 37.3 Å². The number of halogens is 1. The fraction of sp³-hybridized carbons (Fsp3) is 0.227. The molecule has 8 nitrogen and oxygen atoms in total. The van der Waals surface area contributed by atoms with Crippen LogP contribution in [-0.4, -0.2) is 38.7 Å². The lowest BCUT2D eigenvalue weighted by atomic mass is 10.1. The molecule has 0 bridgehead atoms. The number of ether oxygens (including phenoxy) is 1. The summed E-state index contributed by atoms with van der Waals surface area (Å²) < 4.78 is 22.9. The summed E-state index contributed by atoms with van der Waals surface area (Å²) in [5.41, 5.74) is 6.90. The maximum atomic E-state index is 13.7. The number of methoxy groups -OCH3 is 1. The predicted octanol–water partition coefficient (Wildman–Crippen LogP) is 3.24. The molecule has 31 heavy (non-hydrogen) atoms. The second-order valence-electron chi connectivity index (χ2n) is 7.41. The van der Waals surface area contributed by atoms with Gasteiger partial charge < -0.3 is 13.9 Å². The van der Waals surface area contributed by atoms with E-state index >= 15 is 0 Å². The van der Waals surface area contributed by atoms with E-state index in [-0.39, 0.29) is 11.9 Å². The Kier molecular flexibility index (Phi) is 4.67. The molecule has 0 saturated heterocycles. The van der Waals surface area contributed by atoms with Gasteiger partial charge in [-0.15, -0.1) is 0 Å². The van der Waals surface area contributed by atoms with Gasteiger partial charge in [-0.1, -0.05) is 0 Å². The summed E-state index contributed by atoms with van der Waals surface area (Å²) >= 11 is 0. The maximum absolute atomic E-state index is 13.7. The number of imidazole rings is 1. The number of fused-ring (bicyclic) bond motifs is 1. The number of aliphatic imine (C=N–C) groups is 1. The third-order valence-electron chi connectivity index (χ3n) is 5.30. The average Bonchev–Trinajstić information content (AvgIpc) is 3.36. The fourth-order valence-corrected chi connectivity index (χ4v) is 3.80. The molecule has 1 unspecified atom stereocenters. The van der Waals surface area contributed by atoms with Gasteiger partial charge >= 0.3 is 0 Å². The van der Waals surface area contributed by atoms with Gasteiger partial charge in [-0.3, -0.25) is 9.83 Å². The van der Waals surface area contributed by atoms with Gasteiger partial charge in [0.25, 0.3) is 0 Å². The summed E-state index contributed by atoms with van der Waals surface area (Å²) in [6.07, 6.45) is 5.58. The van der Waals surface area contributed by atoms with Gasteiger partial charge in [-0.25, -0.2) is 19.8 Å². The van der Waals surface area contributed by atoms with E-state index in [1.54, 1.807) is 19.5 Å². The van der Waals surface area contributed by atoms with Gasteiger partial charge in [0, 0.05) is 30.4 Å². The Labute approximate surface area is 177 Å². The standard InChI is InChI=1S/C22H21FN6O2/c1-13-9-29(12-24-13)19-7-6-17(26-22(19)30-3)21-25-18(11-31-27-21)16-10-28(2)20-8-14(23)4-5-15(16)20/h4-10,12,18H,11H2,1-3H3,(H,25,27). The average molecular weight is 420 g/mol. The minimum absolute atomic E-state index is 0.255. The summed E-state index contributed by atoms with van der Waals surface area (Å²) in [4.78, 5) is 19.3. The zero-order valence-electron chi connectivity index (χ0n) is 17.3. The lowest BCUT2D eigenvalue weighted by Gasteiger charge is -2.22. The lowest BCUT2D eigenvalue weighted by Crippen LogP contribution is -2.33. The van der Waals surface area contributed by atoms with Crippen molar-refractivity contribution >= 4 is 16.7 Å². The van der Waals surface area contributed by atoms with Crippen LogP contribution in [0.4, 0.5) is 4.39 Å². The molecule has 3 aromatic heterocycles. The largest absolute Gasteiger partial charge is 0.479 e. The van der Waals surface area contributed by atoms with Crippen molar-refractivity contribution in [2.45, 2.75) is 13.0 Å². The van der Waals surface area contributed by atoms with Crippen LogP contribution in [0.1, 0.15) is 23.0 Å². The Balaban J connectivity index is 1.53. The van der Waals surface area contributed by atoms with E-state index < -0.39 is 0 Å². The molecule has 4 heterocycles. The molecule has 9 heteroatoms. The van der Waals surface area contributed by atoms with Crippen molar-refractivity contribution < 1.29 is 14.0 Å². The van der Waals surface area contributed by atoms with E-state index in [1.165, 1.54) is 12.1 Å². The number of hydrogen-bond acceptors (Lipinski definition) is 6. The zero-order chi connectivity index (χ0) is 21.5. The number of pyridine rings is 1. The minimum Gasteiger partial charge on any atom is -0.479 e. The van der Waals surface area contributed by atoms with Crippen molar-refractivity contribution in [3.63, 3.8) is 0 Å². The highest BCUT2D eigenvalue weighted by Crippen LogP contribution is 2.31. The first-order chi connectivity index (χ1) is 15.0. The minimum atomic E-state index is -0.268. The number of aromatic nitrogens is 4. The molecule has 0 saturated carbocycles. The number of nitrogens with one attached hydrogen (secondary N) is 1. The zero-order valence-corrected chi connectivity index (χ0v) is 17.3. The summed E-state index contributed by atoms with van der Waals surface area (Å²) in [7, 11) is 3.46. The molecule has 158 valence electrons. The normalized spacial score (nSPS) is 16.3. The molecule has 0 aliphatic carbocycles. The molecular formula is C22H21FN6O2. The highest BCUT2D eigenvalue weighted by atomic mass is 19.1. The van der Waals surface area contributed by atoms with Crippen LogP contribution in [0, 0.1) is 12.7 Å². The number of nitrogens with zero attached hydrogens (tertiary/aromatic N) is 5. The second kappa shape index (κ2) is 7.51. The van der Waals surface area contributed by atoms with Crippen LogP contribution in [0.5, 0.6) is 5.88 Å². The van der Waals surface area contributed by atoms with E-state index in [2.05, 4.69) is 15.4 Å². The highest BCUT2D eigenvalue weighted by Gasteiger charge is 2.23. The number of hydrogen-bond donors (Lipinski definition) is 1. The number of hydroxylamine groups is 1. The van der Waals surface area contributed by atoms with Crippen molar-refractivity contribution in [3.8, 4) is 11.6 Å². The Morgan fingerprint density at radius 1 is 1.23 bits per heavy atom. The third-order valence-corrected chi connectivity index (χ3v) is 5.30. The third kappa shape index (κ3) is 3.42. The summed E-state index contributed by atoms with van der Waals surface area (Å²) in [6, 6.07) is 8.25. The molecule has 1 atom stereocenters. The van der Waals surface area contributed by atoms with Crippen molar-refractivity contribution in [3.05, 3.63) is 71.8 Å². The van der Waals surface area contributed by atoms with E-state index in [1.807, 2.05) is 47.6 Å². The first-order valence-corrected chi connectivity index (χ1v) is 9.80. The van der Waals surface area contributed by atoms with E-state index in [0.29, 0.717) is 24.0 Å². The maximum Gasteiger partial charge on any atom is 0.238 e. The topological polar surface area (TPSA) is 78.5 Å². The summed E-state index contributed by atoms with van der Waals surface area (Å²) in [5.74, 6) is 0.680. The van der Waals surface area contributed by atoms with E-state index in [9.17, 15) is 4.39 Å². The SMILES string of the molecule is COc1nc(C2=NC(c3cn(C)c4cc(F)ccc34)CON2)ccc1-n1cnc(C)c1. The molecule has 4 aromatic rings. The molecule has 0 fully saturated rings. The van der Waals surface area contributed by atoms with Crippen molar-refractivity contribution in [2.75, 3.05) is 13.7 Å². The monoisotopic (exact) mass is 420 g/mol. The Morgan fingerprint density at radius 3 is 2.87 bits per heavy atom. The summed E-state index contributed by atoms with van der Waals surface area (Å²) in [5, 5.41) is 0.943. The summed E-state index contributed by atoms with van der Waals surface area (Å²) in [6.45, 7) is 2.27. The number of aryl methyl sites for hydroxylation is 2. The van der Waals surface area contributed by atoms with Crippen LogP contribution in [0.15, 0.2) is 54.0 Å². The first kappa shape index (κ1) is 19.3. The first-order valence-electron chi connectivity index (χ1n) is 9.80. The number of benzene rings is 1. The lowest BCUT2D eigenvalue weighted by molar-refractivity contribution is 0.0623. The molecule has 1 aromatic carbocycles. The van der Waals surface area contributed by atoms with Crippen molar-refractivity contribution in [1.29, 1.82) is 0 Å². The molecule has 1 aliphatic rings. The molecule has 0 radical (unpaired) electrons. The van der Waals surface area contributed by atoms with E-state index in [4.69, 9.17) is 14.6 Å². The van der Waals surface area contributed by atoms with Crippen LogP contribution in [0.3, 0.4) is 0 Å². The van der Waals surface area contributed by atoms with Gasteiger partial charge in [0.15, 0.2) is 5.84 Å². The fourth-order valence-electron chi connectivity index (χ4n) is 3.80. The van der Waals surface area contributed by atoms with Crippen LogP contribution < -0.4 is 10.2 Å². The Morgan fingerprint density at radius 2 is 2.10 bits per heavy atom. The highest BCUT2D eigenvalue weighted by molar-refractivity contribution is 5.97. The quantitative estimate of drug-likeness (QED) is 0.548. The van der Waals surface area contributed by atoms with E-state index in [0.717, 1.165) is 27.8 Å². The second-order valence-corrected chi connectivity index (χ2v) is 7.41. The van der Waals surface area contributed by atoms with Crippen LogP contribution in [0.25, 0.3) is 16.6 Å². The Hall–Kier alpha value is -3.72. The van der Waals surface area contributed by atoms with Gasteiger partial charge in [0.05, 0.1) is 24.6 Å².